The van der Waals surface area contributed by atoms with Crippen LogP contribution in [0, 0.1) is 5.92 Å². The predicted octanol–water partition coefficient (Wildman–Crippen LogP) is 2.88. The molecule has 5 heteroatoms. The van der Waals surface area contributed by atoms with Crippen LogP contribution in [0.5, 0.6) is 0 Å². The summed E-state index contributed by atoms with van der Waals surface area (Å²) in [6.45, 7) is 0.795. The van der Waals surface area contributed by atoms with Crippen LogP contribution in [-0.2, 0) is 9.84 Å². The molecule has 2 unspecified atom stereocenters. The number of hydrogen-bond donors (Lipinski definition) is 0. The van der Waals surface area contributed by atoms with Gasteiger partial charge >= 0.3 is 0 Å². The summed E-state index contributed by atoms with van der Waals surface area (Å²) in [5.74, 6) is 0.617. The lowest BCUT2D eigenvalue weighted by atomic mass is 9.78. The number of fused-ring (bicyclic) bond motifs is 1. The maximum Gasteiger partial charge on any atom is 0.254 e. The molecule has 1 heterocycles. The monoisotopic (exact) mass is 321 g/mol. The number of carbonyl (C=O) groups is 1. The topological polar surface area (TPSA) is 54.5 Å². The smallest absolute Gasteiger partial charge is 0.254 e. The first-order valence-electron chi connectivity index (χ1n) is 8.08. The van der Waals surface area contributed by atoms with Crippen molar-refractivity contribution in [2.75, 3.05) is 12.8 Å². The van der Waals surface area contributed by atoms with Crippen molar-refractivity contribution in [2.24, 2.45) is 5.92 Å². The lowest BCUT2D eigenvalue weighted by Gasteiger charge is -2.44. The summed E-state index contributed by atoms with van der Waals surface area (Å²) in [5, 5.41) is 0. The first-order valence-corrected chi connectivity index (χ1v) is 9.97. The van der Waals surface area contributed by atoms with E-state index in [2.05, 4.69) is 0 Å². The average Bonchev–Trinajstić information content (AvgIpc) is 2.53. The van der Waals surface area contributed by atoms with Gasteiger partial charge in [0.25, 0.3) is 5.91 Å². The molecule has 1 aliphatic heterocycles. The molecule has 1 saturated carbocycles. The number of likely N-dealkylation sites (tertiary alicyclic amines) is 1. The third kappa shape index (κ3) is 3.05. The Kier molecular flexibility index (Phi) is 4.26. The van der Waals surface area contributed by atoms with Gasteiger partial charge in [-0.2, -0.15) is 0 Å². The standard InChI is InChI=1S/C17H23NO3S/c1-22(20,21)15-9-4-7-14(12-15)17(19)18-11-5-8-13-6-2-3-10-16(13)18/h4,7,9,12-13,16H,2-3,5-6,8,10-11H2,1H3. The summed E-state index contributed by atoms with van der Waals surface area (Å²) < 4.78 is 23.4. The Morgan fingerprint density at radius 3 is 2.64 bits per heavy atom. The van der Waals surface area contributed by atoms with Crippen molar-refractivity contribution < 1.29 is 13.2 Å². The first-order chi connectivity index (χ1) is 10.5. The lowest BCUT2D eigenvalue weighted by Crippen LogP contribution is -2.49. The third-order valence-electron chi connectivity index (χ3n) is 5.01. The molecule has 2 fully saturated rings. The molecule has 0 bridgehead atoms. The van der Waals surface area contributed by atoms with Gasteiger partial charge in [-0.15, -0.1) is 0 Å². The molecule has 1 saturated heterocycles. The number of rotatable bonds is 2. The van der Waals surface area contributed by atoms with Crippen LogP contribution in [0.1, 0.15) is 48.9 Å². The van der Waals surface area contributed by atoms with Gasteiger partial charge in [-0.25, -0.2) is 8.42 Å². The molecular formula is C17H23NO3S. The summed E-state index contributed by atoms with van der Waals surface area (Å²) in [6, 6.07) is 6.79. The summed E-state index contributed by atoms with van der Waals surface area (Å²) in [7, 11) is -3.28. The van der Waals surface area contributed by atoms with Gasteiger partial charge in [0.05, 0.1) is 4.90 Å². The molecule has 1 amide bonds. The van der Waals surface area contributed by atoms with E-state index in [0.717, 1.165) is 19.4 Å². The van der Waals surface area contributed by atoms with Gasteiger partial charge in [-0.1, -0.05) is 18.9 Å². The Bertz CT molecular complexity index is 666. The van der Waals surface area contributed by atoms with Gasteiger partial charge in [0, 0.05) is 24.4 Å². The molecule has 120 valence electrons. The van der Waals surface area contributed by atoms with Gasteiger partial charge in [-0.3, -0.25) is 4.79 Å². The first kappa shape index (κ1) is 15.5. The van der Waals surface area contributed by atoms with Crippen LogP contribution in [0.25, 0.3) is 0 Å². The van der Waals surface area contributed by atoms with Gasteiger partial charge < -0.3 is 4.90 Å². The maximum atomic E-state index is 12.9. The van der Waals surface area contributed by atoms with Crippen LogP contribution in [0.2, 0.25) is 0 Å². The second kappa shape index (κ2) is 6.03. The molecule has 22 heavy (non-hydrogen) atoms. The van der Waals surface area contributed by atoms with Crippen LogP contribution in [0.15, 0.2) is 29.2 Å². The Labute approximate surface area is 132 Å². The Balaban J connectivity index is 1.87. The second-order valence-electron chi connectivity index (χ2n) is 6.55. The van der Waals surface area contributed by atoms with Crippen molar-refractivity contribution in [1.82, 2.24) is 4.90 Å². The van der Waals surface area contributed by atoms with Gasteiger partial charge in [-0.05, 0) is 49.8 Å². The van der Waals surface area contributed by atoms with Crippen molar-refractivity contribution in [1.29, 1.82) is 0 Å². The summed E-state index contributed by atoms with van der Waals surface area (Å²) in [4.78, 5) is 15.1. The van der Waals surface area contributed by atoms with Gasteiger partial charge in [0.15, 0.2) is 9.84 Å². The minimum atomic E-state index is -3.28. The van der Waals surface area contributed by atoms with Crippen molar-refractivity contribution in [3.8, 4) is 0 Å². The normalized spacial score (nSPS) is 25.6. The lowest BCUT2D eigenvalue weighted by molar-refractivity contribution is 0.0390. The van der Waals surface area contributed by atoms with E-state index in [1.54, 1.807) is 18.2 Å². The second-order valence-corrected chi connectivity index (χ2v) is 8.57. The fourth-order valence-corrected chi connectivity index (χ4v) is 4.57. The maximum absolute atomic E-state index is 12.9. The zero-order chi connectivity index (χ0) is 15.7. The highest BCUT2D eigenvalue weighted by atomic mass is 32.2. The van der Waals surface area contributed by atoms with Crippen molar-refractivity contribution in [3.63, 3.8) is 0 Å². The van der Waals surface area contributed by atoms with Crippen molar-refractivity contribution >= 4 is 15.7 Å². The SMILES string of the molecule is CS(=O)(=O)c1cccc(C(=O)N2CCCC3CCCCC32)c1. The number of carbonyl (C=O) groups excluding carboxylic acids is 1. The van der Waals surface area contributed by atoms with E-state index < -0.39 is 9.84 Å². The third-order valence-corrected chi connectivity index (χ3v) is 6.12. The van der Waals surface area contributed by atoms with Crippen LogP contribution >= 0.6 is 0 Å². The fourth-order valence-electron chi connectivity index (χ4n) is 3.90. The number of nitrogens with zero attached hydrogens (tertiary/aromatic N) is 1. The van der Waals surface area contributed by atoms with Crippen molar-refractivity contribution in [2.45, 2.75) is 49.5 Å². The number of benzene rings is 1. The fraction of sp³-hybridized carbons (Fsp3) is 0.588. The highest BCUT2D eigenvalue weighted by molar-refractivity contribution is 7.90. The van der Waals surface area contributed by atoms with Crippen LogP contribution in [0.4, 0.5) is 0 Å². The van der Waals surface area contributed by atoms with Gasteiger partial charge in [0.2, 0.25) is 0 Å². The van der Waals surface area contributed by atoms with Crippen LogP contribution in [-0.4, -0.2) is 38.1 Å². The average molecular weight is 321 g/mol. The quantitative estimate of drug-likeness (QED) is 0.841. The van der Waals surface area contributed by atoms with Crippen LogP contribution < -0.4 is 0 Å². The molecule has 1 aliphatic carbocycles. The Morgan fingerprint density at radius 2 is 1.86 bits per heavy atom. The highest BCUT2D eigenvalue weighted by Crippen LogP contribution is 2.36. The Hall–Kier alpha value is -1.36. The van der Waals surface area contributed by atoms with Crippen LogP contribution in [0.3, 0.4) is 0 Å². The molecule has 1 aromatic carbocycles. The van der Waals surface area contributed by atoms with E-state index >= 15 is 0 Å². The highest BCUT2D eigenvalue weighted by Gasteiger charge is 2.36. The number of piperidine rings is 1. The molecule has 0 radical (unpaired) electrons. The largest absolute Gasteiger partial charge is 0.335 e. The molecule has 4 nitrogen and oxygen atoms in total. The van der Waals surface area contributed by atoms with Crippen molar-refractivity contribution in [3.05, 3.63) is 29.8 Å². The molecule has 0 N–H and O–H groups in total. The predicted molar refractivity (Wildman–Crippen MR) is 85.6 cm³/mol. The molecular weight excluding hydrogens is 298 g/mol. The van der Waals surface area contributed by atoms with E-state index in [1.807, 2.05) is 4.90 Å². The van der Waals surface area contributed by atoms with E-state index in [4.69, 9.17) is 0 Å². The zero-order valence-electron chi connectivity index (χ0n) is 13.0. The number of hydrogen-bond acceptors (Lipinski definition) is 3. The molecule has 0 spiro atoms. The van der Waals surface area contributed by atoms with E-state index in [9.17, 15) is 13.2 Å². The summed E-state index contributed by atoms with van der Waals surface area (Å²) in [5.41, 5.74) is 0.495. The van der Waals surface area contributed by atoms with Gasteiger partial charge in [0.1, 0.15) is 0 Å². The zero-order valence-corrected chi connectivity index (χ0v) is 13.8. The summed E-state index contributed by atoms with van der Waals surface area (Å²) >= 11 is 0. The number of amides is 1. The molecule has 3 rings (SSSR count). The molecule has 0 aromatic heterocycles. The van der Waals surface area contributed by atoms with E-state index in [-0.39, 0.29) is 10.8 Å². The minimum Gasteiger partial charge on any atom is -0.335 e. The number of sulfone groups is 1. The summed E-state index contributed by atoms with van der Waals surface area (Å²) in [6.07, 6.45) is 8.21. The molecule has 1 aromatic rings. The van der Waals surface area contributed by atoms with E-state index in [1.165, 1.54) is 38.0 Å². The minimum absolute atomic E-state index is 0.0119. The molecule has 2 aliphatic rings. The van der Waals surface area contributed by atoms with E-state index in [0.29, 0.717) is 17.5 Å². The Morgan fingerprint density at radius 1 is 1.14 bits per heavy atom. The molecule has 2 atom stereocenters.